The van der Waals surface area contributed by atoms with E-state index in [0.29, 0.717) is 33.8 Å². The van der Waals surface area contributed by atoms with Crippen molar-refractivity contribution >= 4 is 34.2 Å². The zero-order valence-corrected chi connectivity index (χ0v) is 22.8. The standard InChI is InChI=1S/C30H28Cl2N4O2/c1-36-15-7-20-4-5-21(34-28(20)36)6-8-29-9-12-30(13-10-29,14-11-29)37-18-22-26(35-38-27(22)19-2-3-19)25-23(31)16-33-17-24(25)32/h4-5,7,15-17,19H,2-3,9-14,18H2,1H3. The van der Waals surface area contributed by atoms with Crippen LogP contribution in [0.2, 0.25) is 10.0 Å². The second kappa shape index (κ2) is 9.12. The maximum absolute atomic E-state index is 6.76. The minimum atomic E-state index is -0.134. The molecule has 6 nitrogen and oxygen atoms in total. The number of aryl methyl sites for hydroxylation is 1. The van der Waals surface area contributed by atoms with Gasteiger partial charge < -0.3 is 13.8 Å². The normalized spacial score (nSPS) is 24.5. The van der Waals surface area contributed by atoms with Gasteiger partial charge in [-0.15, -0.1) is 0 Å². The average molecular weight is 547 g/mol. The van der Waals surface area contributed by atoms with E-state index in [0.717, 1.165) is 79.4 Å². The van der Waals surface area contributed by atoms with Gasteiger partial charge in [0.1, 0.15) is 22.8 Å². The Bertz CT molecular complexity index is 1560. The van der Waals surface area contributed by atoms with Crippen LogP contribution in [0.3, 0.4) is 0 Å². The van der Waals surface area contributed by atoms with Gasteiger partial charge in [-0.05, 0) is 75.5 Å². The molecule has 4 aliphatic carbocycles. The molecule has 0 saturated heterocycles. The average Bonchev–Trinajstić information content (AvgIpc) is 3.60. The molecule has 4 saturated carbocycles. The zero-order chi connectivity index (χ0) is 25.9. The molecule has 0 aliphatic heterocycles. The molecule has 194 valence electrons. The van der Waals surface area contributed by atoms with Gasteiger partial charge in [0.05, 0.1) is 22.3 Å². The summed E-state index contributed by atoms with van der Waals surface area (Å²) in [5, 5.41) is 6.47. The molecular weight excluding hydrogens is 519 g/mol. The molecule has 8 heteroatoms. The monoisotopic (exact) mass is 546 g/mol. The van der Waals surface area contributed by atoms with E-state index < -0.39 is 0 Å². The highest BCUT2D eigenvalue weighted by atomic mass is 35.5. The van der Waals surface area contributed by atoms with Gasteiger partial charge in [0.15, 0.2) is 0 Å². The summed E-state index contributed by atoms with van der Waals surface area (Å²) in [6.07, 6.45) is 13.6. The van der Waals surface area contributed by atoms with E-state index in [4.69, 9.17) is 37.4 Å². The quantitative estimate of drug-likeness (QED) is 0.243. The number of halogens is 2. The van der Waals surface area contributed by atoms with E-state index in [1.54, 1.807) is 12.4 Å². The number of rotatable bonds is 5. The van der Waals surface area contributed by atoms with Gasteiger partial charge in [-0.25, -0.2) is 4.98 Å². The lowest BCUT2D eigenvalue weighted by molar-refractivity contribution is -0.131. The van der Waals surface area contributed by atoms with Crippen LogP contribution in [0.25, 0.3) is 22.3 Å². The van der Waals surface area contributed by atoms with Crippen molar-refractivity contribution < 1.29 is 9.26 Å². The first-order valence-corrected chi connectivity index (χ1v) is 14.1. The third-order valence-electron chi connectivity index (χ3n) is 8.73. The molecule has 0 amide bonds. The molecule has 4 heterocycles. The third-order valence-corrected chi connectivity index (χ3v) is 9.30. The van der Waals surface area contributed by atoms with E-state index in [1.807, 2.05) is 23.9 Å². The molecule has 0 N–H and O–H groups in total. The summed E-state index contributed by atoms with van der Waals surface area (Å²) in [6.45, 7) is 0.443. The van der Waals surface area contributed by atoms with E-state index >= 15 is 0 Å². The van der Waals surface area contributed by atoms with Crippen LogP contribution < -0.4 is 0 Å². The molecule has 4 aromatic rings. The third kappa shape index (κ3) is 4.22. The SMILES string of the molecule is Cn1ccc2ccc(C#CC34CCC(OCc5c(-c6c(Cl)cncc6Cl)noc5C5CC5)(CC3)CC4)nc21. The Labute approximate surface area is 231 Å². The first kappa shape index (κ1) is 24.2. The molecule has 2 bridgehead atoms. The molecular formula is C30H28Cl2N4O2. The molecule has 0 radical (unpaired) electrons. The Morgan fingerprint density at radius 3 is 2.50 bits per heavy atom. The van der Waals surface area contributed by atoms with Gasteiger partial charge in [-0.2, -0.15) is 0 Å². The van der Waals surface area contributed by atoms with Gasteiger partial charge in [0, 0.05) is 53.5 Å². The van der Waals surface area contributed by atoms with Crippen LogP contribution in [0.15, 0.2) is 41.3 Å². The lowest BCUT2D eigenvalue weighted by Gasteiger charge is -2.51. The fourth-order valence-electron chi connectivity index (χ4n) is 6.14. The van der Waals surface area contributed by atoms with Crippen molar-refractivity contribution in [2.45, 2.75) is 69.5 Å². The topological polar surface area (TPSA) is 66.0 Å². The maximum Gasteiger partial charge on any atom is 0.145 e. The van der Waals surface area contributed by atoms with Crippen LogP contribution in [-0.2, 0) is 18.4 Å². The largest absolute Gasteiger partial charge is 0.370 e. The predicted molar refractivity (Wildman–Crippen MR) is 147 cm³/mol. The Kier molecular flexibility index (Phi) is 5.81. The second-order valence-corrected chi connectivity index (χ2v) is 12.0. The lowest BCUT2D eigenvalue weighted by Crippen LogP contribution is -2.47. The smallest absolute Gasteiger partial charge is 0.145 e. The molecule has 38 heavy (non-hydrogen) atoms. The second-order valence-electron chi connectivity index (χ2n) is 11.2. The number of ether oxygens (including phenoxy) is 1. The highest BCUT2D eigenvalue weighted by Crippen LogP contribution is 2.54. The Morgan fingerprint density at radius 1 is 1.05 bits per heavy atom. The fraction of sp³-hybridized carbons (Fsp3) is 0.433. The first-order chi connectivity index (χ1) is 18.4. The Balaban J connectivity index is 1.09. The summed E-state index contributed by atoms with van der Waals surface area (Å²) >= 11 is 13.0. The van der Waals surface area contributed by atoms with Crippen molar-refractivity contribution in [1.29, 1.82) is 0 Å². The molecule has 0 spiro atoms. The van der Waals surface area contributed by atoms with Crippen molar-refractivity contribution in [2.24, 2.45) is 12.5 Å². The van der Waals surface area contributed by atoms with Crippen LogP contribution in [0, 0.1) is 17.3 Å². The molecule has 0 unspecified atom stereocenters. The van der Waals surface area contributed by atoms with Crippen molar-refractivity contribution in [1.82, 2.24) is 19.7 Å². The molecule has 4 aromatic heterocycles. The summed E-state index contributed by atoms with van der Waals surface area (Å²) in [5.74, 6) is 8.35. The van der Waals surface area contributed by atoms with Crippen LogP contribution in [0.5, 0.6) is 0 Å². The van der Waals surface area contributed by atoms with Gasteiger partial charge >= 0.3 is 0 Å². The number of pyridine rings is 2. The Hall–Kier alpha value is -2.85. The summed E-state index contributed by atoms with van der Waals surface area (Å²) in [4.78, 5) is 8.86. The van der Waals surface area contributed by atoms with Gasteiger partial charge in [0.2, 0.25) is 0 Å². The van der Waals surface area contributed by atoms with Gasteiger partial charge in [-0.1, -0.05) is 34.3 Å². The van der Waals surface area contributed by atoms with Crippen molar-refractivity contribution in [2.75, 3.05) is 0 Å². The fourth-order valence-corrected chi connectivity index (χ4v) is 6.69. The van der Waals surface area contributed by atoms with E-state index in [-0.39, 0.29) is 11.0 Å². The van der Waals surface area contributed by atoms with Crippen LogP contribution in [0.4, 0.5) is 0 Å². The number of hydrogen-bond donors (Lipinski definition) is 0. The number of hydrogen-bond acceptors (Lipinski definition) is 5. The summed E-state index contributed by atoms with van der Waals surface area (Å²) in [6, 6.07) is 6.21. The van der Waals surface area contributed by atoms with E-state index in [1.165, 1.54) is 0 Å². The molecule has 4 fully saturated rings. The van der Waals surface area contributed by atoms with Gasteiger partial charge in [0.25, 0.3) is 0 Å². The van der Waals surface area contributed by atoms with Crippen molar-refractivity contribution in [3.63, 3.8) is 0 Å². The molecule has 4 aliphatic rings. The summed E-state index contributed by atoms with van der Waals surface area (Å²) in [7, 11) is 2.02. The minimum Gasteiger partial charge on any atom is -0.370 e. The number of aromatic nitrogens is 4. The van der Waals surface area contributed by atoms with E-state index in [9.17, 15) is 0 Å². The lowest BCUT2D eigenvalue weighted by atomic mass is 9.59. The Morgan fingerprint density at radius 2 is 1.79 bits per heavy atom. The zero-order valence-electron chi connectivity index (χ0n) is 21.3. The summed E-state index contributed by atoms with van der Waals surface area (Å²) in [5.41, 5.74) is 4.05. The van der Waals surface area contributed by atoms with Crippen molar-refractivity contribution in [3.8, 4) is 23.1 Å². The first-order valence-electron chi connectivity index (χ1n) is 13.3. The van der Waals surface area contributed by atoms with E-state index in [2.05, 4.69) is 34.1 Å². The molecule has 8 rings (SSSR count). The predicted octanol–water partition coefficient (Wildman–Crippen LogP) is 7.47. The van der Waals surface area contributed by atoms with Crippen LogP contribution >= 0.6 is 23.2 Å². The van der Waals surface area contributed by atoms with Gasteiger partial charge in [-0.3, -0.25) is 4.98 Å². The van der Waals surface area contributed by atoms with Crippen LogP contribution in [0.1, 0.15) is 74.3 Å². The highest BCUT2D eigenvalue weighted by Gasteiger charge is 2.49. The molecule has 0 atom stereocenters. The number of fused-ring (bicyclic) bond motifs is 4. The number of nitrogens with zero attached hydrogens (tertiary/aromatic N) is 4. The summed E-state index contributed by atoms with van der Waals surface area (Å²) < 4.78 is 14.6. The molecule has 0 aromatic carbocycles. The van der Waals surface area contributed by atoms with Crippen LogP contribution in [-0.4, -0.2) is 25.3 Å². The van der Waals surface area contributed by atoms with Crippen molar-refractivity contribution in [3.05, 3.63) is 63.9 Å². The highest BCUT2D eigenvalue weighted by molar-refractivity contribution is 6.38. The maximum atomic E-state index is 6.76. The minimum absolute atomic E-state index is 0.0512.